The number of rotatable bonds is 8. The molecule has 4 heteroatoms. The van der Waals surface area contributed by atoms with Gasteiger partial charge in [0.1, 0.15) is 6.61 Å². The molecule has 0 heterocycles. The highest BCUT2D eigenvalue weighted by Gasteiger charge is 2.18. The maximum atomic E-state index is 11.9. The standard InChI is InChI=1S/C17H21NO3/c1-4-16(19)18(11-12-21-17(20)5-2)14(3)13-15-9-7-6-8-10-15/h4-10,14H,1-2,11-13H2,3H3. The van der Waals surface area contributed by atoms with Crippen molar-refractivity contribution in [3.8, 4) is 0 Å². The van der Waals surface area contributed by atoms with E-state index in [9.17, 15) is 9.59 Å². The van der Waals surface area contributed by atoms with Crippen molar-refractivity contribution in [3.63, 3.8) is 0 Å². The van der Waals surface area contributed by atoms with E-state index in [-0.39, 0.29) is 18.6 Å². The van der Waals surface area contributed by atoms with E-state index in [1.54, 1.807) is 4.90 Å². The van der Waals surface area contributed by atoms with Crippen LogP contribution in [0.15, 0.2) is 55.6 Å². The second-order valence-corrected chi connectivity index (χ2v) is 4.65. The fourth-order valence-corrected chi connectivity index (χ4v) is 2.03. The van der Waals surface area contributed by atoms with Crippen molar-refractivity contribution in [1.29, 1.82) is 0 Å². The van der Waals surface area contributed by atoms with Crippen molar-refractivity contribution >= 4 is 11.9 Å². The van der Waals surface area contributed by atoms with Crippen LogP contribution in [0, 0.1) is 0 Å². The molecule has 1 amide bonds. The Morgan fingerprint density at radius 3 is 2.48 bits per heavy atom. The topological polar surface area (TPSA) is 46.6 Å². The number of hydrogen-bond donors (Lipinski definition) is 0. The first-order valence-corrected chi connectivity index (χ1v) is 6.84. The quantitative estimate of drug-likeness (QED) is 0.545. The van der Waals surface area contributed by atoms with Crippen molar-refractivity contribution in [3.05, 3.63) is 61.2 Å². The van der Waals surface area contributed by atoms with Gasteiger partial charge in [0.05, 0.1) is 6.54 Å². The monoisotopic (exact) mass is 287 g/mol. The summed E-state index contributed by atoms with van der Waals surface area (Å²) in [6.45, 7) is 9.28. The molecule has 1 aromatic carbocycles. The third kappa shape index (κ3) is 5.65. The molecular weight excluding hydrogens is 266 g/mol. The van der Waals surface area contributed by atoms with E-state index in [0.29, 0.717) is 6.54 Å². The lowest BCUT2D eigenvalue weighted by atomic mass is 10.1. The van der Waals surface area contributed by atoms with Gasteiger partial charge in [-0.2, -0.15) is 0 Å². The molecule has 1 atom stereocenters. The molecule has 1 aromatic rings. The molecule has 0 N–H and O–H groups in total. The highest BCUT2D eigenvalue weighted by atomic mass is 16.5. The van der Waals surface area contributed by atoms with E-state index in [1.165, 1.54) is 6.08 Å². The summed E-state index contributed by atoms with van der Waals surface area (Å²) in [7, 11) is 0. The normalized spacial score (nSPS) is 11.3. The van der Waals surface area contributed by atoms with Crippen LogP contribution in [-0.2, 0) is 20.7 Å². The summed E-state index contributed by atoms with van der Waals surface area (Å²) in [6.07, 6.45) is 3.11. The summed E-state index contributed by atoms with van der Waals surface area (Å²) < 4.78 is 4.93. The molecule has 0 bridgehead atoms. The first-order chi connectivity index (χ1) is 10.1. The summed E-state index contributed by atoms with van der Waals surface area (Å²) in [4.78, 5) is 24.6. The van der Waals surface area contributed by atoms with Crippen LogP contribution in [-0.4, -0.2) is 36.0 Å². The predicted octanol–water partition coefficient (Wildman–Crippen LogP) is 2.36. The lowest BCUT2D eigenvalue weighted by molar-refractivity contribution is -0.140. The van der Waals surface area contributed by atoms with Crippen molar-refractivity contribution in [2.75, 3.05) is 13.2 Å². The SMILES string of the molecule is C=CC(=O)OCCN(C(=O)C=C)C(C)Cc1ccccc1. The number of esters is 1. The molecule has 0 radical (unpaired) electrons. The number of carbonyl (C=O) groups excluding carboxylic acids is 2. The molecular formula is C17H21NO3. The number of hydrogen-bond acceptors (Lipinski definition) is 3. The Morgan fingerprint density at radius 2 is 1.90 bits per heavy atom. The van der Waals surface area contributed by atoms with Crippen LogP contribution >= 0.6 is 0 Å². The number of nitrogens with zero attached hydrogens (tertiary/aromatic N) is 1. The van der Waals surface area contributed by atoms with Gasteiger partial charge in [-0.05, 0) is 25.0 Å². The van der Waals surface area contributed by atoms with E-state index >= 15 is 0 Å². The summed E-state index contributed by atoms with van der Waals surface area (Å²) >= 11 is 0. The van der Waals surface area contributed by atoms with Gasteiger partial charge in [0.2, 0.25) is 5.91 Å². The van der Waals surface area contributed by atoms with Crippen LogP contribution < -0.4 is 0 Å². The van der Waals surface area contributed by atoms with Crippen LogP contribution in [0.3, 0.4) is 0 Å². The fraction of sp³-hybridized carbons (Fsp3) is 0.294. The minimum atomic E-state index is -0.489. The average Bonchev–Trinajstić information content (AvgIpc) is 2.51. The van der Waals surface area contributed by atoms with Crippen LogP contribution in [0.25, 0.3) is 0 Å². The molecule has 0 spiro atoms. The summed E-state index contributed by atoms with van der Waals surface area (Å²) in [5.74, 6) is -0.662. The van der Waals surface area contributed by atoms with E-state index in [2.05, 4.69) is 13.2 Å². The van der Waals surface area contributed by atoms with Gasteiger partial charge >= 0.3 is 5.97 Å². The highest BCUT2D eigenvalue weighted by molar-refractivity contribution is 5.87. The van der Waals surface area contributed by atoms with Gasteiger partial charge < -0.3 is 9.64 Å². The van der Waals surface area contributed by atoms with E-state index < -0.39 is 5.97 Å². The molecule has 0 aliphatic heterocycles. The zero-order valence-electron chi connectivity index (χ0n) is 12.3. The molecule has 4 nitrogen and oxygen atoms in total. The zero-order valence-corrected chi connectivity index (χ0v) is 12.3. The van der Waals surface area contributed by atoms with Crippen molar-refractivity contribution < 1.29 is 14.3 Å². The molecule has 1 unspecified atom stereocenters. The number of benzene rings is 1. The lowest BCUT2D eigenvalue weighted by Gasteiger charge is -2.28. The number of carbonyl (C=O) groups is 2. The molecule has 0 saturated carbocycles. The maximum Gasteiger partial charge on any atom is 0.330 e. The van der Waals surface area contributed by atoms with Gasteiger partial charge in [-0.1, -0.05) is 43.5 Å². The van der Waals surface area contributed by atoms with Crippen molar-refractivity contribution in [2.24, 2.45) is 0 Å². The first kappa shape index (κ1) is 16.7. The van der Waals surface area contributed by atoms with Crippen LogP contribution in [0.5, 0.6) is 0 Å². The van der Waals surface area contributed by atoms with Crippen LogP contribution in [0.2, 0.25) is 0 Å². The van der Waals surface area contributed by atoms with Crippen molar-refractivity contribution in [1.82, 2.24) is 4.90 Å². The second kappa shape index (κ2) is 8.74. The third-order valence-electron chi connectivity index (χ3n) is 3.11. The Morgan fingerprint density at radius 1 is 1.24 bits per heavy atom. The number of ether oxygens (including phenoxy) is 1. The van der Waals surface area contributed by atoms with E-state index in [0.717, 1.165) is 18.1 Å². The van der Waals surface area contributed by atoms with Gasteiger partial charge in [-0.25, -0.2) is 4.79 Å². The van der Waals surface area contributed by atoms with Gasteiger partial charge in [0.15, 0.2) is 0 Å². The Hall–Kier alpha value is -2.36. The Labute approximate surface area is 125 Å². The largest absolute Gasteiger partial charge is 0.461 e. The summed E-state index contributed by atoms with van der Waals surface area (Å²) in [5, 5.41) is 0. The van der Waals surface area contributed by atoms with Crippen LogP contribution in [0.4, 0.5) is 0 Å². The first-order valence-electron chi connectivity index (χ1n) is 6.84. The smallest absolute Gasteiger partial charge is 0.330 e. The van der Waals surface area contributed by atoms with Gasteiger partial charge in [-0.3, -0.25) is 4.79 Å². The highest BCUT2D eigenvalue weighted by Crippen LogP contribution is 2.09. The van der Waals surface area contributed by atoms with E-state index in [1.807, 2.05) is 37.3 Å². The summed E-state index contributed by atoms with van der Waals surface area (Å²) in [5.41, 5.74) is 1.15. The molecule has 21 heavy (non-hydrogen) atoms. The average molecular weight is 287 g/mol. The zero-order chi connectivity index (χ0) is 15.7. The maximum absolute atomic E-state index is 11.9. The molecule has 0 aliphatic rings. The van der Waals surface area contributed by atoms with Gasteiger partial charge in [0.25, 0.3) is 0 Å². The van der Waals surface area contributed by atoms with Crippen molar-refractivity contribution in [2.45, 2.75) is 19.4 Å². The minimum Gasteiger partial charge on any atom is -0.461 e. The van der Waals surface area contributed by atoms with E-state index in [4.69, 9.17) is 4.74 Å². The molecule has 0 fully saturated rings. The molecule has 0 saturated heterocycles. The Kier molecular flexibility index (Phi) is 6.95. The molecule has 0 aliphatic carbocycles. The molecule has 1 rings (SSSR count). The van der Waals surface area contributed by atoms with Crippen LogP contribution in [0.1, 0.15) is 12.5 Å². The molecule has 112 valence electrons. The van der Waals surface area contributed by atoms with Gasteiger partial charge in [0, 0.05) is 12.1 Å². The second-order valence-electron chi connectivity index (χ2n) is 4.65. The lowest BCUT2D eigenvalue weighted by Crippen LogP contribution is -2.41. The Balaban J connectivity index is 2.63. The third-order valence-corrected chi connectivity index (χ3v) is 3.11. The minimum absolute atomic E-state index is 0.0136. The van der Waals surface area contributed by atoms with Gasteiger partial charge in [-0.15, -0.1) is 0 Å². The Bertz CT molecular complexity index is 496. The molecule has 0 aromatic heterocycles. The summed E-state index contributed by atoms with van der Waals surface area (Å²) in [6, 6.07) is 9.91. The predicted molar refractivity (Wildman–Crippen MR) is 82.7 cm³/mol. The fourth-order valence-electron chi connectivity index (χ4n) is 2.03. The number of amides is 1.